The Kier molecular flexibility index (Phi) is 3.26. The summed E-state index contributed by atoms with van der Waals surface area (Å²) >= 11 is 0. The number of aromatic nitrogens is 1. The summed E-state index contributed by atoms with van der Waals surface area (Å²) in [5, 5.41) is 3.14. The minimum absolute atomic E-state index is 0.195. The summed E-state index contributed by atoms with van der Waals surface area (Å²) in [6.07, 6.45) is 3.46. The second kappa shape index (κ2) is 5.07. The molecule has 1 aliphatic heterocycles. The van der Waals surface area contributed by atoms with Crippen molar-refractivity contribution in [1.82, 2.24) is 4.98 Å². The van der Waals surface area contributed by atoms with Crippen LogP contribution in [0.1, 0.15) is 12.5 Å². The summed E-state index contributed by atoms with van der Waals surface area (Å²) in [4.78, 5) is 6.06. The second-order valence-electron chi connectivity index (χ2n) is 5.00. The monoisotopic (exact) mass is 275 g/mol. The Morgan fingerprint density at radius 3 is 2.70 bits per heavy atom. The van der Waals surface area contributed by atoms with Crippen molar-refractivity contribution < 1.29 is 8.78 Å². The average Bonchev–Trinajstić information content (AvgIpc) is 2.45. The van der Waals surface area contributed by atoms with Gasteiger partial charge in [0.05, 0.1) is 11.4 Å². The molecule has 0 saturated heterocycles. The molecule has 1 N–H and O–H groups in total. The van der Waals surface area contributed by atoms with E-state index in [1.807, 2.05) is 12.1 Å². The highest BCUT2D eigenvalue weighted by Crippen LogP contribution is 2.34. The van der Waals surface area contributed by atoms with Crippen LogP contribution in [-0.4, -0.2) is 17.6 Å². The Bertz CT molecular complexity index is 616. The summed E-state index contributed by atoms with van der Waals surface area (Å²) in [5.74, 6) is -1.64. The molecule has 1 aliphatic rings. The first-order valence-corrected chi connectivity index (χ1v) is 6.53. The van der Waals surface area contributed by atoms with Gasteiger partial charge in [-0.2, -0.15) is 0 Å². The summed E-state index contributed by atoms with van der Waals surface area (Å²) in [6.45, 7) is 3.39. The van der Waals surface area contributed by atoms with E-state index < -0.39 is 11.6 Å². The Hall–Kier alpha value is -2.17. The van der Waals surface area contributed by atoms with E-state index in [1.54, 1.807) is 12.4 Å². The van der Waals surface area contributed by atoms with Crippen molar-refractivity contribution in [1.29, 1.82) is 0 Å². The van der Waals surface area contributed by atoms with E-state index in [2.05, 4.69) is 22.1 Å². The molecule has 0 spiro atoms. The molecule has 1 aromatic carbocycles. The van der Waals surface area contributed by atoms with Crippen LogP contribution in [0, 0.1) is 11.6 Å². The van der Waals surface area contributed by atoms with Crippen molar-refractivity contribution in [2.75, 3.05) is 16.8 Å². The van der Waals surface area contributed by atoms with Gasteiger partial charge in [0.25, 0.3) is 0 Å². The summed E-state index contributed by atoms with van der Waals surface area (Å²) in [6, 6.07) is 6.52. The molecule has 0 saturated carbocycles. The number of rotatable bonds is 2. The summed E-state index contributed by atoms with van der Waals surface area (Å²) in [7, 11) is 0. The maximum atomic E-state index is 13.5. The smallest absolute Gasteiger partial charge is 0.161 e. The van der Waals surface area contributed by atoms with Gasteiger partial charge in [0.15, 0.2) is 11.6 Å². The third kappa shape index (κ3) is 2.31. The van der Waals surface area contributed by atoms with Gasteiger partial charge in [-0.25, -0.2) is 8.78 Å². The fraction of sp³-hybridized carbons (Fsp3) is 0.267. The lowest BCUT2D eigenvalue weighted by Gasteiger charge is -2.37. The lowest BCUT2D eigenvalue weighted by molar-refractivity contribution is 0.506. The van der Waals surface area contributed by atoms with Gasteiger partial charge in [0.1, 0.15) is 0 Å². The van der Waals surface area contributed by atoms with Gasteiger partial charge in [-0.15, -0.1) is 0 Å². The predicted octanol–water partition coefficient (Wildman–Crippen LogP) is 3.18. The number of anilines is 2. The van der Waals surface area contributed by atoms with Crippen LogP contribution in [0.25, 0.3) is 0 Å². The Morgan fingerprint density at radius 2 is 1.95 bits per heavy atom. The largest absolute Gasteiger partial charge is 0.381 e. The van der Waals surface area contributed by atoms with E-state index in [0.717, 1.165) is 5.56 Å². The molecule has 3 nitrogen and oxygen atoms in total. The first kappa shape index (κ1) is 12.8. The van der Waals surface area contributed by atoms with Crippen molar-refractivity contribution in [2.45, 2.75) is 19.5 Å². The Balaban J connectivity index is 1.97. The van der Waals surface area contributed by atoms with E-state index in [9.17, 15) is 8.78 Å². The number of nitrogens with zero attached hydrogens (tertiary/aromatic N) is 2. The number of hydrogen-bond acceptors (Lipinski definition) is 3. The maximum absolute atomic E-state index is 13.5. The second-order valence-corrected chi connectivity index (χ2v) is 5.00. The van der Waals surface area contributed by atoms with Gasteiger partial charge in [-0.05, 0) is 24.6 Å². The highest BCUT2D eigenvalue weighted by atomic mass is 19.2. The molecule has 3 rings (SSSR count). The molecular weight excluding hydrogens is 260 g/mol. The molecule has 104 valence electrons. The minimum atomic E-state index is -0.824. The number of nitrogens with one attached hydrogen (secondary N) is 1. The summed E-state index contributed by atoms with van der Waals surface area (Å²) in [5.41, 5.74) is 2.42. The quantitative estimate of drug-likeness (QED) is 0.912. The van der Waals surface area contributed by atoms with E-state index in [-0.39, 0.29) is 6.04 Å². The number of halogens is 2. The van der Waals surface area contributed by atoms with Gasteiger partial charge in [-0.1, -0.05) is 0 Å². The Morgan fingerprint density at radius 1 is 1.25 bits per heavy atom. The van der Waals surface area contributed by atoms with Crippen molar-refractivity contribution in [3.63, 3.8) is 0 Å². The molecule has 2 heterocycles. The number of hydrogen-bond donors (Lipinski definition) is 1. The third-order valence-corrected chi connectivity index (χ3v) is 3.57. The van der Waals surface area contributed by atoms with E-state index >= 15 is 0 Å². The maximum Gasteiger partial charge on any atom is 0.161 e. The van der Waals surface area contributed by atoms with Crippen molar-refractivity contribution >= 4 is 11.4 Å². The third-order valence-electron chi connectivity index (χ3n) is 3.57. The first-order chi connectivity index (χ1) is 9.65. The van der Waals surface area contributed by atoms with Crippen LogP contribution in [0.5, 0.6) is 0 Å². The molecule has 1 aromatic heterocycles. The summed E-state index contributed by atoms with van der Waals surface area (Å²) < 4.78 is 26.8. The van der Waals surface area contributed by atoms with Crippen LogP contribution in [0.15, 0.2) is 36.7 Å². The molecule has 0 amide bonds. The van der Waals surface area contributed by atoms with Gasteiger partial charge in [0, 0.05) is 43.7 Å². The van der Waals surface area contributed by atoms with Crippen molar-refractivity contribution in [3.05, 3.63) is 53.9 Å². The normalized spacial score (nSPS) is 17.6. The highest BCUT2D eigenvalue weighted by molar-refractivity contribution is 5.73. The van der Waals surface area contributed by atoms with Crippen LogP contribution < -0.4 is 10.2 Å². The topological polar surface area (TPSA) is 28.2 Å². The van der Waals surface area contributed by atoms with Crippen molar-refractivity contribution in [3.8, 4) is 0 Å². The van der Waals surface area contributed by atoms with Gasteiger partial charge >= 0.3 is 0 Å². The first-order valence-electron chi connectivity index (χ1n) is 6.53. The predicted molar refractivity (Wildman–Crippen MR) is 74.7 cm³/mol. The van der Waals surface area contributed by atoms with E-state index in [1.165, 1.54) is 12.1 Å². The minimum Gasteiger partial charge on any atom is -0.381 e. The zero-order valence-corrected chi connectivity index (χ0v) is 11.1. The van der Waals surface area contributed by atoms with Crippen LogP contribution in [0.2, 0.25) is 0 Å². The fourth-order valence-electron chi connectivity index (χ4n) is 2.45. The van der Waals surface area contributed by atoms with Gasteiger partial charge in [-0.3, -0.25) is 4.98 Å². The van der Waals surface area contributed by atoms with Crippen LogP contribution in [0.3, 0.4) is 0 Å². The fourth-order valence-corrected chi connectivity index (χ4v) is 2.45. The molecule has 0 bridgehead atoms. The molecule has 0 aliphatic carbocycles. The lowest BCUT2D eigenvalue weighted by Crippen LogP contribution is -2.41. The van der Waals surface area contributed by atoms with Crippen LogP contribution in [0.4, 0.5) is 20.2 Å². The molecule has 1 unspecified atom stereocenters. The standard InChI is InChI=1S/C15H15F2N3/c1-10-8-19-14-6-12(16)13(17)7-15(14)20(10)9-11-2-4-18-5-3-11/h2-7,10,19H,8-9H2,1H3. The zero-order chi connectivity index (χ0) is 14.1. The Labute approximate surface area is 116 Å². The van der Waals surface area contributed by atoms with Crippen LogP contribution >= 0.6 is 0 Å². The molecule has 2 aromatic rings. The molecule has 5 heteroatoms. The molecule has 20 heavy (non-hydrogen) atoms. The van der Waals surface area contributed by atoms with E-state index in [0.29, 0.717) is 24.5 Å². The van der Waals surface area contributed by atoms with Gasteiger partial charge < -0.3 is 10.2 Å². The highest BCUT2D eigenvalue weighted by Gasteiger charge is 2.24. The van der Waals surface area contributed by atoms with Gasteiger partial charge in [0.2, 0.25) is 0 Å². The molecular formula is C15H15F2N3. The van der Waals surface area contributed by atoms with E-state index in [4.69, 9.17) is 0 Å². The number of pyridine rings is 1. The number of benzene rings is 1. The van der Waals surface area contributed by atoms with Crippen molar-refractivity contribution in [2.24, 2.45) is 0 Å². The number of fused-ring (bicyclic) bond motifs is 1. The zero-order valence-electron chi connectivity index (χ0n) is 11.1. The molecule has 0 radical (unpaired) electrons. The molecule has 1 atom stereocenters. The van der Waals surface area contributed by atoms with Crippen LogP contribution in [-0.2, 0) is 6.54 Å². The molecule has 0 fully saturated rings. The lowest BCUT2D eigenvalue weighted by atomic mass is 10.1. The SMILES string of the molecule is CC1CNc2cc(F)c(F)cc2N1Cc1ccncc1. The average molecular weight is 275 g/mol.